The van der Waals surface area contributed by atoms with E-state index in [1.807, 2.05) is 0 Å². The van der Waals surface area contributed by atoms with Crippen LogP contribution < -0.4 is 15.4 Å². The van der Waals surface area contributed by atoms with E-state index in [1.165, 1.54) is 18.2 Å². The summed E-state index contributed by atoms with van der Waals surface area (Å²) in [4.78, 5) is 23.8. The maximum absolute atomic E-state index is 13.4. The molecule has 2 aromatic rings. The first-order valence-corrected chi connectivity index (χ1v) is 9.39. The molecule has 0 saturated carbocycles. The fourth-order valence-electron chi connectivity index (χ4n) is 2.37. The van der Waals surface area contributed by atoms with Crippen molar-refractivity contribution in [3.8, 4) is 5.75 Å². The standard InChI is InChI=1S/C19H18ClF4N3O5/c1-2-13(26-17(29)9-31-10-3-4-11(20)12(21)7-10)14(28)5-6-25-18(30)15-8-16(27-32-15)19(22,23)24/h2-4,7-8,13-14,28H,1,5-6,9H2,(H,25,30)(H,26,29)/t13?,14-/m0/s1. The Morgan fingerprint density at radius 3 is 2.66 bits per heavy atom. The Kier molecular flexibility index (Phi) is 8.61. The number of benzene rings is 1. The van der Waals surface area contributed by atoms with Crippen molar-refractivity contribution in [3.63, 3.8) is 0 Å². The number of alkyl halides is 3. The summed E-state index contributed by atoms with van der Waals surface area (Å²) in [5, 5.41) is 17.5. The lowest BCUT2D eigenvalue weighted by molar-refractivity contribution is -0.142. The maximum Gasteiger partial charge on any atom is 0.436 e. The van der Waals surface area contributed by atoms with Crippen molar-refractivity contribution in [2.45, 2.75) is 24.7 Å². The SMILES string of the molecule is C=CC(NC(=O)COc1ccc(Cl)c(F)c1)[C@@H](O)CCNC(=O)c1cc(C(F)(F)F)no1. The lowest BCUT2D eigenvalue weighted by Crippen LogP contribution is -2.45. The average molecular weight is 480 g/mol. The normalized spacial score (nSPS) is 13.2. The first kappa shape index (κ1) is 25.1. The molecule has 3 N–H and O–H groups in total. The molecule has 1 aromatic heterocycles. The van der Waals surface area contributed by atoms with Gasteiger partial charge in [0.05, 0.1) is 17.2 Å². The number of aliphatic hydroxyl groups is 1. The molecule has 8 nitrogen and oxygen atoms in total. The van der Waals surface area contributed by atoms with Crippen molar-refractivity contribution in [2.24, 2.45) is 0 Å². The fraction of sp³-hybridized carbons (Fsp3) is 0.316. The number of carbonyl (C=O) groups is 2. The summed E-state index contributed by atoms with van der Waals surface area (Å²) in [5.74, 6) is -2.89. The molecule has 2 atom stereocenters. The van der Waals surface area contributed by atoms with Crippen LogP contribution in [0.3, 0.4) is 0 Å². The summed E-state index contributed by atoms with van der Waals surface area (Å²) in [5.41, 5.74) is -1.35. The number of aromatic nitrogens is 1. The topological polar surface area (TPSA) is 114 Å². The van der Waals surface area contributed by atoms with Gasteiger partial charge in [-0.25, -0.2) is 4.39 Å². The van der Waals surface area contributed by atoms with Gasteiger partial charge in [0.2, 0.25) is 5.76 Å². The Hall–Kier alpha value is -3.12. The van der Waals surface area contributed by atoms with Crippen LogP contribution in [0.4, 0.5) is 17.6 Å². The van der Waals surface area contributed by atoms with Gasteiger partial charge in [0, 0.05) is 18.7 Å². The van der Waals surface area contributed by atoms with Crippen molar-refractivity contribution < 1.29 is 41.5 Å². The van der Waals surface area contributed by atoms with E-state index in [-0.39, 0.29) is 23.7 Å². The zero-order valence-corrected chi connectivity index (χ0v) is 17.0. The molecule has 13 heteroatoms. The van der Waals surface area contributed by atoms with Crippen LogP contribution in [0.5, 0.6) is 5.75 Å². The highest BCUT2D eigenvalue weighted by Crippen LogP contribution is 2.28. The molecular weight excluding hydrogens is 462 g/mol. The summed E-state index contributed by atoms with van der Waals surface area (Å²) < 4.78 is 60.3. The predicted octanol–water partition coefficient (Wildman–Crippen LogP) is 2.72. The largest absolute Gasteiger partial charge is 0.484 e. The van der Waals surface area contributed by atoms with Gasteiger partial charge in [0.25, 0.3) is 11.8 Å². The predicted molar refractivity (Wildman–Crippen MR) is 103 cm³/mol. The molecule has 0 aliphatic carbocycles. The van der Waals surface area contributed by atoms with E-state index in [1.54, 1.807) is 0 Å². The van der Waals surface area contributed by atoms with E-state index in [2.05, 4.69) is 26.9 Å². The van der Waals surface area contributed by atoms with Crippen LogP contribution in [0.2, 0.25) is 5.02 Å². The van der Waals surface area contributed by atoms with E-state index in [9.17, 15) is 32.3 Å². The third-order valence-electron chi connectivity index (χ3n) is 4.01. The summed E-state index contributed by atoms with van der Waals surface area (Å²) in [6, 6.07) is 3.16. The number of aliphatic hydroxyl groups excluding tert-OH is 1. The second-order valence-electron chi connectivity index (χ2n) is 6.38. The highest BCUT2D eigenvalue weighted by molar-refractivity contribution is 6.30. The Morgan fingerprint density at radius 2 is 2.06 bits per heavy atom. The maximum atomic E-state index is 13.4. The Labute approximate surface area is 184 Å². The fourth-order valence-corrected chi connectivity index (χ4v) is 2.49. The monoisotopic (exact) mass is 479 g/mol. The second-order valence-corrected chi connectivity index (χ2v) is 6.79. The Morgan fingerprint density at radius 1 is 1.34 bits per heavy atom. The number of ether oxygens (including phenoxy) is 1. The van der Waals surface area contributed by atoms with Gasteiger partial charge in [0.1, 0.15) is 11.6 Å². The minimum atomic E-state index is -4.75. The average Bonchev–Trinajstić information content (AvgIpc) is 3.23. The highest BCUT2D eigenvalue weighted by Gasteiger charge is 2.35. The van der Waals surface area contributed by atoms with Crippen LogP contribution in [0.1, 0.15) is 22.7 Å². The second kappa shape index (κ2) is 11.0. The molecular formula is C19H18ClF4N3O5. The molecule has 0 saturated heterocycles. The molecule has 174 valence electrons. The van der Waals surface area contributed by atoms with Gasteiger partial charge in [-0.15, -0.1) is 6.58 Å². The zero-order chi connectivity index (χ0) is 23.9. The number of hydrogen-bond acceptors (Lipinski definition) is 6. The molecule has 0 spiro atoms. The molecule has 1 heterocycles. The molecule has 0 aliphatic heterocycles. The zero-order valence-electron chi connectivity index (χ0n) is 16.3. The number of carbonyl (C=O) groups excluding carboxylic acids is 2. The number of hydrogen-bond donors (Lipinski definition) is 3. The first-order valence-electron chi connectivity index (χ1n) is 9.01. The molecule has 2 amide bonds. The molecule has 1 unspecified atom stereocenters. The van der Waals surface area contributed by atoms with E-state index in [0.717, 1.165) is 6.07 Å². The number of nitrogens with one attached hydrogen (secondary N) is 2. The van der Waals surface area contributed by atoms with E-state index in [4.69, 9.17) is 16.3 Å². The van der Waals surface area contributed by atoms with Crippen LogP contribution in [0.15, 0.2) is 41.4 Å². The smallest absolute Gasteiger partial charge is 0.436 e. The van der Waals surface area contributed by atoms with Crippen LogP contribution in [0, 0.1) is 5.82 Å². The van der Waals surface area contributed by atoms with Crippen molar-refractivity contribution in [3.05, 3.63) is 59.2 Å². The van der Waals surface area contributed by atoms with Crippen LogP contribution in [0.25, 0.3) is 0 Å². The molecule has 2 rings (SSSR count). The third kappa shape index (κ3) is 7.24. The number of nitrogens with zero attached hydrogens (tertiary/aromatic N) is 1. The molecule has 0 radical (unpaired) electrons. The highest BCUT2D eigenvalue weighted by atomic mass is 35.5. The summed E-state index contributed by atoms with van der Waals surface area (Å²) in [6.07, 6.45) is -4.77. The summed E-state index contributed by atoms with van der Waals surface area (Å²) in [7, 11) is 0. The van der Waals surface area contributed by atoms with Gasteiger partial charge in [-0.2, -0.15) is 13.2 Å². The summed E-state index contributed by atoms with van der Waals surface area (Å²) in [6.45, 7) is 2.86. The summed E-state index contributed by atoms with van der Waals surface area (Å²) >= 11 is 5.55. The first-order chi connectivity index (χ1) is 15.0. The van der Waals surface area contributed by atoms with Gasteiger partial charge < -0.3 is 25.0 Å². The minimum Gasteiger partial charge on any atom is -0.484 e. The lowest BCUT2D eigenvalue weighted by atomic mass is 10.1. The van der Waals surface area contributed by atoms with Crippen LogP contribution >= 0.6 is 11.6 Å². The van der Waals surface area contributed by atoms with Gasteiger partial charge in [-0.05, 0) is 18.6 Å². The number of rotatable bonds is 10. The van der Waals surface area contributed by atoms with Gasteiger partial charge in [-0.3, -0.25) is 9.59 Å². The Balaban J connectivity index is 1.78. The minimum absolute atomic E-state index is 0.0709. The quantitative estimate of drug-likeness (QED) is 0.357. The van der Waals surface area contributed by atoms with Gasteiger partial charge >= 0.3 is 6.18 Å². The number of amides is 2. The van der Waals surface area contributed by atoms with Crippen molar-refractivity contribution in [1.29, 1.82) is 0 Å². The van der Waals surface area contributed by atoms with Gasteiger partial charge in [-0.1, -0.05) is 22.8 Å². The van der Waals surface area contributed by atoms with Crippen molar-refractivity contribution in [2.75, 3.05) is 13.2 Å². The molecule has 32 heavy (non-hydrogen) atoms. The van der Waals surface area contributed by atoms with E-state index in [0.29, 0.717) is 6.07 Å². The molecule has 0 fully saturated rings. The third-order valence-corrected chi connectivity index (χ3v) is 4.31. The van der Waals surface area contributed by atoms with E-state index < -0.39 is 54.0 Å². The Bertz CT molecular complexity index is 967. The van der Waals surface area contributed by atoms with Gasteiger partial charge in [0.15, 0.2) is 12.3 Å². The van der Waals surface area contributed by atoms with Crippen LogP contribution in [-0.4, -0.2) is 47.4 Å². The number of halogens is 5. The van der Waals surface area contributed by atoms with E-state index >= 15 is 0 Å². The molecule has 0 bridgehead atoms. The molecule has 1 aromatic carbocycles. The molecule has 0 aliphatic rings. The van der Waals surface area contributed by atoms with Crippen molar-refractivity contribution in [1.82, 2.24) is 15.8 Å². The van der Waals surface area contributed by atoms with Crippen LogP contribution in [-0.2, 0) is 11.0 Å². The lowest BCUT2D eigenvalue weighted by Gasteiger charge is -2.21. The van der Waals surface area contributed by atoms with Crippen molar-refractivity contribution >= 4 is 23.4 Å².